The lowest BCUT2D eigenvalue weighted by Crippen LogP contribution is -2.61. The van der Waals surface area contributed by atoms with Gasteiger partial charge in [-0.25, -0.2) is 4.79 Å². The lowest BCUT2D eigenvalue weighted by atomic mass is 9.69. The average molecular weight is 621 g/mol. The van der Waals surface area contributed by atoms with E-state index in [2.05, 4.69) is 0 Å². The third-order valence-electron chi connectivity index (χ3n) is 10.5. The summed E-state index contributed by atoms with van der Waals surface area (Å²) in [5, 5.41) is 21.4. The minimum atomic E-state index is -1.29. The van der Waals surface area contributed by atoms with Crippen molar-refractivity contribution in [2.24, 2.45) is 17.3 Å². The maximum atomic E-state index is 13.9. The highest BCUT2D eigenvalue weighted by molar-refractivity contribution is 6.00. The Morgan fingerprint density at radius 1 is 0.933 bits per heavy atom. The molecule has 1 unspecified atom stereocenters. The van der Waals surface area contributed by atoms with Crippen molar-refractivity contribution in [3.05, 3.63) is 58.5 Å². The van der Waals surface area contributed by atoms with Crippen LogP contribution in [0.3, 0.4) is 0 Å². The van der Waals surface area contributed by atoms with Gasteiger partial charge in [-0.2, -0.15) is 0 Å². The van der Waals surface area contributed by atoms with Gasteiger partial charge in [0.05, 0.1) is 17.7 Å². The number of aromatic nitrogens is 1. The molecule has 244 valence electrons. The van der Waals surface area contributed by atoms with Crippen LogP contribution in [0.15, 0.2) is 47.4 Å². The van der Waals surface area contributed by atoms with Gasteiger partial charge in [-0.3, -0.25) is 14.4 Å². The lowest BCUT2D eigenvalue weighted by Gasteiger charge is -2.51. The van der Waals surface area contributed by atoms with Crippen LogP contribution < -0.4 is 5.56 Å². The fraction of sp³-hybridized carbons (Fsp3) is 0.600. The number of piperidine rings is 1. The highest BCUT2D eigenvalue weighted by Crippen LogP contribution is 2.41. The van der Waals surface area contributed by atoms with Crippen molar-refractivity contribution >= 4 is 17.9 Å². The summed E-state index contributed by atoms with van der Waals surface area (Å²) in [5.41, 5.74) is -0.772. The third kappa shape index (κ3) is 7.11. The Bertz CT molecular complexity index is 1440. The van der Waals surface area contributed by atoms with Crippen LogP contribution in [0.1, 0.15) is 76.1 Å². The van der Waals surface area contributed by atoms with Gasteiger partial charge in [-0.05, 0) is 24.3 Å². The Hall–Kier alpha value is -3.66. The maximum Gasteiger partial charge on any atom is 0.407 e. The summed E-state index contributed by atoms with van der Waals surface area (Å²) >= 11 is 0. The Morgan fingerprint density at radius 3 is 2.20 bits per heavy atom. The van der Waals surface area contributed by atoms with Crippen LogP contribution in [0.5, 0.6) is 0 Å². The quantitative estimate of drug-likeness (QED) is 0.468. The van der Waals surface area contributed by atoms with Crippen LogP contribution >= 0.6 is 0 Å². The zero-order valence-electron chi connectivity index (χ0n) is 26.9. The predicted molar refractivity (Wildman–Crippen MR) is 172 cm³/mol. The van der Waals surface area contributed by atoms with E-state index in [4.69, 9.17) is 0 Å². The van der Waals surface area contributed by atoms with E-state index < -0.39 is 17.1 Å². The average Bonchev–Trinajstić information content (AvgIpc) is 3.03. The monoisotopic (exact) mass is 620 g/mol. The molecule has 3 fully saturated rings. The number of carbonyl (C=O) groups excluding carboxylic acids is 2. The van der Waals surface area contributed by atoms with E-state index in [1.165, 1.54) is 47.6 Å². The van der Waals surface area contributed by atoms with Gasteiger partial charge in [0.25, 0.3) is 11.5 Å². The summed E-state index contributed by atoms with van der Waals surface area (Å²) in [5.74, 6) is 0.396. The number of likely N-dealkylation sites (tertiary alicyclic amines) is 1. The van der Waals surface area contributed by atoms with Crippen molar-refractivity contribution in [3.63, 3.8) is 0 Å². The zero-order valence-corrected chi connectivity index (χ0v) is 26.9. The molecule has 3 heterocycles. The summed E-state index contributed by atoms with van der Waals surface area (Å²) < 4.78 is 1.43. The highest BCUT2D eigenvalue weighted by Gasteiger charge is 2.49. The van der Waals surface area contributed by atoms with Crippen molar-refractivity contribution in [2.75, 3.05) is 39.3 Å². The van der Waals surface area contributed by atoms with E-state index >= 15 is 0 Å². The number of benzene rings is 1. The molecular formula is C35H48N4O6. The molecule has 1 aromatic carbocycles. The van der Waals surface area contributed by atoms with Crippen LogP contribution in [0.4, 0.5) is 4.79 Å². The number of piperazine rings is 1. The fourth-order valence-corrected chi connectivity index (χ4v) is 7.45. The summed E-state index contributed by atoms with van der Waals surface area (Å²) in [6, 6.07) is 10.7. The second kappa shape index (κ2) is 13.4. The number of carboxylic acid groups (broad SMARTS) is 1. The molecule has 1 aromatic heterocycles. The second-order valence-corrected chi connectivity index (χ2v) is 14.1. The molecule has 3 aliphatic rings. The molecule has 0 radical (unpaired) electrons. The molecular weight excluding hydrogens is 572 g/mol. The number of hydrogen-bond donors (Lipinski definition) is 2. The van der Waals surface area contributed by atoms with Crippen LogP contribution in [-0.4, -0.2) is 92.3 Å². The van der Waals surface area contributed by atoms with Crippen molar-refractivity contribution in [3.8, 4) is 11.1 Å². The molecule has 2 aliphatic heterocycles. The van der Waals surface area contributed by atoms with Gasteiger partial charge in [0, 0.05) is 68.4 Å². The number of pyridine rings is 1. The van der Waals surface area contributed by atoms with Gasteiger partial charge in [0.15, 0.2) is 0 Å². The summed E-state index contributed by atoms with van der Waals surface area (Å²) in [7, 11) is 0. The Balaban J connectivity index is 1.36. The van der Waals surface area contributed by atoms with Crippen molar-refractivity contribution in [1.29, 1.82) is 0 Å². The van der Waals surface area contributed by atoms with E-state index in [0.717, 1.165) is 12.0 Å². The molecule has 2 N–H and O–H groups in total. The van der Waals surface area contributed by atoms with Gasteiger partial charge < -0.3 is 29.5 Å². The minimum absolute atomic E-state index is 0.0133. The van der Waals surface area contributed by atoms with E-state index in [1.54, 1.807) is 11.1 Å². The van der Waals surface area contributed by atoms with E-state index in [1.807, 2.05) is 56.0 Å². The third-order valence-corrected chi connectivity index (χ3v) is 10.5. The highest BCUT2D eigenvalue weighted by atomic mass is 16.4. The van der Waals surface area contributed by atoms with Crippen LogP contribution in [0.2, 0.25) is 0 Å². The smallest absolute Gasteiger partial charge is 0.407 e. The molecule has 5 rings (SSSR count). The van der Waals surface area contributed by atoms with Crippen LogP contribution in [-0.2, 0) is 11.3 Å². The number of hydrogen-bond acceptors (Lipinski definition) is 5. The molecule has 0 bridgehead atoms. The molecule has 1 saturated carbocycles. The number of nitrogens with zero attached hydrogens (tertiary/aromatic N) is 4. The standard InChI is InChI=1S/C35H48N4O6/c1-25(20-26-10-6-4-7-11-26)31(41)38-15-14-35(45,34(2,3)23-38)24-39-22-29(28(21-30(39)40)27-12-8-5-9-13-27)32(42)36-16-18-37(19-17-36)33(43)44/h5,8-9,12-13,21-22,25-26,45H,4,6-7,10-11,14-20,23-24H2,1-3H3,(H,43,44)/t25-,35?/m1/s1. The topological polar surface area (TPSA) is 123 Å². The van der Waals surface area contributed by atoms with E-state index in [9.17, 15) is 29.4 Å². The summed E-state index contributed by atoms with van der Waals surface area (Å²) in [4.78, 5) is 57.1. The van der Waals surface area contributed by atoms with Crippen LogP contribution in [0.25, 0.3) is 11.1 Å². The number of rotatable bonds is 7. The molecule has 2 saturated heterocycles. The van der Waals surface area contributed by atoms with Gasteiger partial charge in [-0.15, -0.1) is 0 Å². The first-order chi connectivity index (χ1) is 21.4. The van der Waals surface area contributed by atoms with Gasteiger partial charge in [-0.1, -0.05) is 83.2 Å². The number of amides is 3. The molecule has 10 heteroatoms. The van der Waals surface area contributed by atoms with E-state index in [-0.39, 0.29) is 56.0 Å². The van der Waals surface area contributed by atoms with Gasteiger partial charge in [0.2, 0.25) is 5.91 Å². The Labute approximate surface area is 265 Å². The van der Waals surface area contributed by atoms with E-state index in [0.29, 0.717) is 36.6 Å². The summed E-state index contributed by atoms with van der Waals surface area (Å²) in [6.07, 6.45) is 7.94. The molecule has 3 amide bonds. The second-order valence-electron chi connectivity index (χ2n) is 14.1. The van der Waals surface area contributed by atoms with Gasteiger partial charge >= 0.3 is 6.09 Å². The first kappa shape index (κ1) is 32.7. The number of aliphatic hydroxyl groups is 1. The van der Waals surface area contributed by atoms with Crippen molar-refractivity contribution < 1.29 is 24.6 Å². The summed E-state index contributed by atoms with van der Waals surface area (Å²) in [6.45, 7) is 7.60. The molecule has 2 atom stereocenters. The first-order valence-corrected chi connectivity index (χ1v) is 16.5. The van der Waals surface area contributed by atoms with Crippen molar-refractivity contribution in [1.82, 2.24) is 19.3 Å². The maximum absolute atomic E-state index is 13.9. The molecule has 10 nitrogen and oxygen atoms in total. The first-order valence-electron chi connectivity index (χ1n) is 16.5. The predicted octanol–water partition coefficient (Wildman–Crippen LogP) is 4.55. The number of carbonyl (C=O) groups is 3. The molecule has 2 aromatic rings. The Kier molecular flexibility index (Phi) is 9.72. The minimum Gasteiger partial charge on any atom is -0.465 e. The molecule has 0 spiro atoms. The Morgan fingerprint density at radius 2 is 1.58 bits per heavy atom. The zero-order chi connectivity index (χ0) is 32.4. The SMILES string of the molecule is C[C@H](CC1CCCCC1)C(=O)N1CCC(O)(Cn2cc(C(=O)N3CCN(C(=O)O)CC3)c(-c3ccccc3)cc2=O)C(C)(C)C1. The fourth-order valence-electron chi connectivity index (χ4n) is 7.45. The molecule has 45 heavy (non-hydrogen) atoms. The normalized spacial score (nSPS) is 23.1. The largest absolute Gasteiger partial charge is 0.465 e. The van der Waals surface area contributed by atoms with Crippen LogP contribution in [0, 0.1) is 17.3 Å². The van der Waals surface area contributed by atoms with Crippen molar-refractivity contribution in [2.45, 2.75) is 77.9 Å². The van der Waals surface area contributed by atoms with Gasteiger partial charge in [0.1, 0.15) is 0 Å². The lowest BCUT2D eigenvalue weighted by molar-refractivity contribution is -0.157. The molecule has 1 aliphatic carbocycles.